The van der Waals surface area contributed by atoms with Crippen LogP contribution in [0.25, 0.3) is 0 Å². The second-order valence-electron chi connectivity index (χ2n) is 5.12. The van der Waals surface area contributed by atoms with Crippen LogP contribution in [0.15, 0.2) is 53.4 Å². The molecule has 0 aliphatic carbocycles. The van der Waals surface area contributed by atoms with Gasteiger partial charge in [-0.2, -0.15) is 0 Å². The van der Waals surface area contributed by atoms with Gasteiger partial charge in [-0.25, -0.2) is 18.4 Å². The number of esters is 1. The Kier molecular flexibility index (Phi) is 5.73. The van der Waals surface area contributed by atoms with Crippen molar-refractivity contribution in [2.45, 2.75) is 18.4 Å². The summed E-state index contributed by atoms with van der Waals surface area (Å²) < 4.78 is 27.3. The molecule has 2 aromatic rings. The zero-order valence-corrected chi connectivity index (χ0v) is 14.2. The van der Waals surface area contributed by atoms with E-state index in [2.05, 4.69) is 10.6 Å². The largest absolute Gasteiger partial charge is 0.427 e. The average molecular weight is 363 g/mol. The van der Waals surface area contributed by atoms with Crippen molar-refractivity contribution in [3.8, 4) is 5.75 Å². The Bertz CT molecular complexity index is 879. The van der Waals surface area contributed by atoms with Crippen molar-refractivity contribution in [2.24, 2.45) is 5.14 Å². The zero-order chi connectivity index (χ0) is 18.4. The van der Waals surface area contributed by atoms with Gasteiger partial charge in [-0.05, 0) is 29.8 Å². The van der Waals surface area contributed by atoms with Gasteiger partial charge in [-0.15, -0.1) is 0 Å². The van der Waals surface area contributed by atoms with Crippen molar-refractivity contribution in [1.29, 1.82) is 0 Å². The van der Waals surface area contributed by atoms with Crippen LogP contribution < -0.4 is 20.5 Å². The van der Waals surface area contributed by atoms with Crippen molar-refractivity contribution in [1.82, 2.24) is 5.32 Å². The molecule has 0 radical (unpaired) electrons. The number of amides is 2. The first-order chi connectivity index (χ1) is 11.7. The van der Waals surface area contributed by atoms with Crippen LogP contribution in [0.1, 0.15) is 12.5 Å². The number of nitrogens with two attached hydrogens (primary N) is 1. The molecule has 0 atom stereocenters. The molecule has 2 amide bonds. The van der Waals surface area contributed by atoms with Gasteiger partial charge in [0.2, 0.25) is 10.0 Å². The Labute approximate surface area is 145 Å². The molecule has 0 spiro atoms. The molecule has 0 aliphatic heterocycles. The summed E-state index contributed by atoms with van der Waals surface area (Å²) in [4.78, 5) is 22.8. The van der Waals surface area contributed by atoms with Crippen molar-refractivity contribution < 1.29 is 22.7 Å². The van der Waals surface area contributed by atoms with E-state index in [-0.39, 0.29) is 11.4 Å². The Morgan fingerprint density at radius 3 is 2.40 bits per heavy atom. The highest BCUT2D eigenvalue weighted by molar-refractivity contribution is 7.89. The number of ether oxygens (including phenoxy) is 1. The molecule has 0 heterocycles. The third kappa shape index (κ3) is 5.90. The molecule has 25 heavy (non-hydrogen) atoms. The van der Waals surface area contributed by atoms with Crippen LogP contribution in [0.4, 0.5) is 10.5 Å². The Morgan fingerprint density at radius 1 is 1.12 bits per heavy atom. The quantitative estimate of drug-likeness (QED) is 0.549. The number of sulfonamides is 1. The summed E-state index contributed by atoms with van der Waals surface area (Å²) in [7, 11) is -3.74. The smallest absolute Gasteiger partial charge is 0.319 e. The maximum atomic E-state index is 11.9. The van der Waals surface area contributed by atoms with E-state index in [0.717, 1.165) is 0 Å². The van der Waals surface area contributed by atoms with Crippen LogP contribution in [0.3, 0.4) is 0 Å². The zero-order valence-electron chi connectivity index (χ0n) is 13.4. The number of carbonyl (C=O) groups excluding carboxylic acids is 2. The number of hydrogen-bond donors (Lipinski definition) is 3. The van der Waals surface area contributed by atoms with Crippen LogP contribution in [0, 0.1) is 0 Å². The summed E-state index contributed by atoms with van der Waals surface area (Å²) in [6, 6.07) is 11.8. The van der Waals surface area contributed by atoms with Crippen molar-refractivity contribution >= 4 is 27.7 Å². The van der Waals surface area contributed by atoms with Crippen LogP contribution in [-0.2, 0) is 21.4 Å². The summed E-state index contributed by atoms with van der Waals surface area (Å²) in [6.07, 6.45) is 0. The highest BCUT2D eigenvalue weighted by Gasteiger charge is 2.08. The minimum atomic E-state index is -3.74. The highest BCUT2D eigenvalue weighted by Crippen LogP contribution is 2.17. The molecular weight excluding hydrogens is 346 g/mol. The van der Waals surface area contributed by atoms with Crippen LogP contribution in [0.5, 0.6) is 5.75 Å². The fraction of sp³-hybridized carbons (Fsp3) is 0.125. The Balaban J connectivity index is 1.91. The normalized spacial score (nSPS) is 10.8. The fourth-order valence-corrected chi connectivity index (χ4v) is 2.47. The van der Waals surface area contributed by atoms with Crippen LogP contribution in [-0.4, -0.2) is 20.4 Å². The molecule has 0 saturated heterocycles. The summed E-state index contributed by atoms with van der Waals surface area (Å²) in [6.45, 7) is 1.48. The molecule has 0 aromatic heterocycles. The van der Waals surface area contributed by atoms with Crippen molar-refractivity contribution in [3.05, 3.63) is 54.1 Å². The first-order valence-corrected chi connectivity index (χ1v) is 8.74. The molecule has 132 valence electrons. The third-order valence-electron chi connectivity index (χ3n) is 3.06. The number of urea groups is 1. The lowest BCUT2D eigenvalue weighted by atomic mass is 10.2. The fourth-order valence-electron chi connectivity index (χ4n) is 1.96. The molecule has 0 bridgehead atoms. The predicted octanol–water partition coefficient (Wildman–Crippen LogP) is 1.58. The average Bonchev–Trinajstić information content (AvgIpc) is 2.52. The Hall–Kier alpha value is -2.91. The molecule has 8 nitrogen and oxygen atoms in total. The molecule has 0 aliphatic rings. The SMILES string of the molecule is CC(=O)Oc1cccc(NC(=O)NCc2ccc(S(N)(=O)=O)cc2)c1. The molecule has 2 aromatic carbocycles. The standard InChI is InChI=1S/C16H17N3O5S/c1-11(20)24-14-4-2-3-13(9-14)19-16(21)18-10-12-5-7-15(8-6-12)25(17,22)23/h2-9H,10H2,1H3,(H2,17,22,23)(H2,18,19,21). The number of carbonyl (C=O) groups is 2. The van der Waals surface area contributed by atoms with Crippen LogP contribution in [0.2, 0.25) is 0 Å². The van der Waals surface area contributed by atoms with E-state index in [1.54, 1.807) is 30.3 Å². The van der Waals surface area contributed by atoms with Gasteiger partial charge < -0.3 is 15.4 Å². The van der Waals surface area contributed by atoms with E-state index >= 15 is 0 Å². The molecule has 4 N–H and O–H groups in total. The number of anilines is 1. The summed E-state index contributed by atoms with van der Waals surface area (Å²) in [5.41, 5.74) is 1.16. The van der Waals surface area contributed by atoms with E-state index in [0.29, 0.717) is 17.0 Å². The second kappa shape index (κ2) is 7.77. The monoisotopic (exact) mass is 363 g/mol. The van der Waals surface area contributed by atoms with Gasteiger partial charge in [0.25, 0.3) is 0 Å². The first-order valence-electron chi connectivity index (χ1n) is 7.19. The molecule has 0 saturated carbocycles. The lowest BCUT2D eigenvalue weighted by molar-refractivity contribution is -0.131. The van der Waals surface area contributed by atoms with E-state index < -0.39 is 22.0 Å². The number of primary sulfonamides is 1. The predicted molar refractivity (Wildman–Crippen MR) is 91.4 cm³/mol. The van der Waals surface area contributed by atoms with Crippen molar-refractivity contribution in [3.63, 3.8) is 0 Å². The minimum Gasteiger partial charge on any atom is -0.427 e. The van der Waals surface area contributed by atoms with E-state index in [1.807, 2.05) is 0 Å². The first kappa shape index (κ1) is 18.4. The lowest BCUT2D eigenvalue weighted by Gasteiger charge is -2.09. The minimum absolute atomic E-state index is 0.00277. The molecule has 9 heteroatoms. The number of benzene rings is 2. The van der Waals surface area contributed by atoms with Gasteiger partial charge in [-0.1, -0.05) is 18.2 Å². The van der Waals surface area contributed by atoms with Gasteiger partial charge in [0.15, 0.2) is 0 Å². The summed E-state index contributed by atoms with van der Waals surface area (Å²) in [5, 5.41) is 10.3. The molecule has 2 rings (SSSR count). The van der Waals surface area contributed by atoms with E-state index in [4.69, 9.17) is 9.88 Å². The molecular formula is C16H17N3O5S. The van der Waals surface area contributed by atoms with Crippen molar-refractivity contribution in [2.75, 3.05) is 5.32 Å². The molecule has 0 fully saturated rings. The summed E-state index contributed by atoms with van der Waals surface area (Å²) in [5.74, 6) is -0.131. The maximum Gasteiger partial charge on any atom is 0.319 e. The molecule has 0 unspecified atom stereocenters. The van der Waals surface area contributed by atoms with Gasteiger partial charge in [0.1, 0.15) is 5.75 Å². The maximum absolute atomic E-state index is 11.9. The van der Waals surface area contributed by atoms with E-state index in [9.17, 15) is 18.0 Å². The summed E-state index contributed by atoms with van der Waals surface area (Å²) >= 11 is 0. The lowest BCUT2D eigenvalue weighted by Crippen LogP contribution is -2.28. The third-order valence-corrected chi connectivity index (χ3v) is 3.99. The highest BCUT2D eigenvalue weighted by atomic mass is 32.2. The topological polar surface area (TPSA) is 128 Å². The van der Waals surface area contributed by atoms with E-state index in [1.165, 1.54) is 25.1 Å². The number of rotatable bonds is 5. The van der Waals surface area contributed by atoms with Gasteiger partial charge in [0.05, 0.1) is 4.90 Å². The Morgan fingerprint density at radius 2 is 1.80 bits per heavy atom. The van der Waals surface area contributed by atoms with Gasteiger partial charge in [-0.3, -0.25) is 4.79 Å². The number of nitrogens with one attached hydrogen (secondary N) is 2. The number of hydrogen-bond acceptors (Lipinski definition) is 5. The van der Waals surface area contributed by atoms with Crippen LogP contribution >= 0.6 is 0 Å². The van der Waals surface area contributed by atoms with Gasteiger partial charge >= 0.3 is 12.0 Å². The van der Waals surface area contributed by atoms with Gasteiger partial charge in [0, 0.05) is 25.2 Å². The second-order valence-corrected chi connectivity index (χ2v) is 6.68.